The van der Waals surface area contributed by atoms with E-state index in [9.17, 15) is 9.18 Å². The van der Waals surface area contributed by atoms with Crippen molar-refractivity contribution in [1.82, 2.24) is 4.90 Å². The number of benzene rings is 2. The number of carbonyl (C=O) groups excluding carboxylic acids is 1. The van der Waals surface area contributed by atoms with Crippen molar-refractivity contribution in [3.8, 4) is 5.75 Å². The molecule has 0 bridgehead atoms. The third-order valence-electron chi connectivity index (χ3n) is 4.84. The minimum atomic E-state index is -0.527. The molecule has 4 nitrogen and oxygen atoms in total. The molecule has 138 valence electrons. The number of para-hydroxylation sites is 1. The predicted molar refractivity (Wildman–Crippen MR) is 101 cm³/mol. The maximum Gasteiger partial charge on any atom is 0.254 e. The van der Waals surface area contributed by atoms with Gasteiger partial charge in [0.25, 0.3) is 5.91 Å². The molecular weight excluding hydrogens is 331 g/mol. The number of ether oxygens (including phenoxy) is 1. The van der Waals surface area contributed by atoms with Gasteiger partial charge in [-0.05, 0) is 49.1 Å². The summed E-state index contributed by atoms with van der Waals surface area (Å²) in [5, 5.41) is 0. The molecule has 0 spiro atoms. The Kier molecular flexibility index (Phi) is 5.76. The quantitative estimate of drug-likeness (QED) is 0.809. The summed E-state index contributed by atoms with van der Waals surface area (Å²) in [7, 11) is 3.15. The molecule has 1 amide bonds. The van der Waals surface area contributed by atoms with E-state index < -0.39 is 5.82 Å². The molecule has 0 aliphatic carbocycles. The fourth-order valence-corrected chi connectivity index (χ4v) is 3.43. The number of carbonyl (C=O) groups is 1. The highest BCUT2D eigenvalue weighted by Crippen LogP contribution is 2.26. The first-order valence-electron chi connectivity index (χ1n) is 9.02. The van der Waals surface area contributed by atoms with Gasteiger partial charge in [-0.15, -0.1) is 0 Å². The lowest BCUT2D eigenvalue weighted by atomic mass is 10.1. The van der Waals surface area contributed by atoms with Gasteiger partial charge in [-0.2, -0.15) is 0 Å². The molecule has 0 unspecified atom stereocenters. The summed E-state index contributed by atoms with van der Waals surface area (Å²) in [6.07, 6.45) is 3.68. The molecule has 2 aromatic carbocycles. The molecule has 3 rings (SSSR count). The van der Waals surface area contributed by atoms with Crippen LogP contribution in [0.3, 0.4) is 0 Å². The zero-order valence-electron chi connectivity index (χ0n) is 15.4. The van der Waals surface area contributed by atoms with Crippen LogP contribution in [0.4, 0.5) is 10.1 Å². The summed E-state index contributed by atoms with van der Waals surface area (Å²) in [5.41, 5.74) is 2.62. The molecule has 0 N–H and O–H groups in total. The van der Waals surface area contributed by atoms with Crippen LogP contribution in [0.5, 0.6) is 5.75 Å². The van der Waals surface area contributed by atoms with Crippen LogP contribution in [0.1, 0.15) is 35.2 Å². The van der Waals surface area contributed by atoms with Crippen LogP contribution in [-0.4, -0.2) is 38.1 Å². The molecule has 1 aliphatic heterocycles. The SMILES string of the molecule is COc1ccc(C(=O)N(C)Cc2ccccc2N2CCCCC2)cc1F. The Bertz CT molecular complexity index is 772. The molecule has 2 aromatic rings. The van der Waals surface area contributed by atoms with E-state index in [4.69, 9.17) is 4.74 Å². The Labute approximate surface area is 154 Å². The van der Waals surface area contributed by atoms with E-state index >= 15 is 0 Å². The highest BCUT2D eigenvalue weighted by molar-refractivity contribution is 5.94. The molecule has 0 saturated carbocycles. The van der Waals surface area contributed by atoms with Gasteiger partial charge < -0.3 is 14.5 Å². The van der Waals surface area contributed by atoms with Gasteiger partial charge in [0.2, 0.25) is 0 Å². The molecule has 0 aromatic heterocycles. The van der Waals surface area contributed by atoms with E-state index in [0.717, 1.165) is 18.7 Å². The maximum atomic E-state index is 13.9. The van der Waals surface area contributed by atoms with Crippen molar-refractivity contribution in [2.75, 3.05) is 32.1 Å². The highest BCUT2D eigenvalue weighted by atomic mass is 19.1. The normalized spacial score (nSPS) is 14.2. The number of piperidine rings is 1. The third-order valence-corrected chi connectivity index (χ3v) is 4.84. The van der Waals surface area contributed by atoms with Crippen LogP contribution in [0, 0.1) is 5.82 Å². The molecular formula is C21H25FN2O2. The summed E-state index contributed by atoms with van der Waals surface area (Å²) >= 11 is 0. The number of hydrogen-bond acceptors (Lipinski definition) is 3. The van der Waals surface area contributed by atoms with Crippen LogP contribution in [-0.2, 0) is 6.54 Å². The number of hydrogen-bond donors (Lipinski definition) is 0. The molecule has 1 fully saturated rings. The summed E-state index contributed by atoms with van der Waals surface area (Å²) in [5.74, 6) is -0.597. The van der Waals surface area contributed by atoms with Crippen LogP contribution >= 0.6 is 0 Å². The average molecular weight is 356 g/mol. The standard InChI is InChI=1S/C21H25FN2O2/c1-23(21(25)16-10-11-20(26-2)18(22)14-16)15-17-8-4-5-9-19(17)24-12-6-3-7-13-24/h4-5,8-11,14H,3,6-7,12-13,15H2,1-2H3. The minimum absolute atomic E-state index is 0.139. The van der Waals surface area contributed by atoms with Gasteiger partial charge in [-0.3, -0.25) is 4.79 Å². The van der Waals surface area contributed by atoms with Gasteiger partial charge in [0.05, 0.1) is 7.11 Å². The van der Waals surface area contributed by atoms with Gasteiger partial charge in [0.1, 0.15) is 0 Å². The summed E-state index contributed by atoms with van der Waals surface area (Å²) in [6.45, 7) is 2.59. The Morgan fingerprint density at radius 3 is 2.58 bits per heavy atom. The fraction of sp³-hybridized carbons (Fsp3) is 0.381. The van der Waals surface area contributed by atoms with Crippen LogP contribution < -0.4 is 9.64 Å². The molecule has 1 saturated heterocycles. The molecule has 1 heterocycles. The van der Waals surface area contributed by atoms with Crippen molar-refractivity contribution in [2.24, 2.45) is 0 Å². The molecule has 26 heavy (non-hydrogen) atoms. The second-order valence-corrected chi connectivity index (χ2v) is 6.69. The second-order valence-electron chi connectivity index (χ2n) is 6.69. The minimum Gasteiger partial charge on any atom is -0.494 e. The van der Waals surface area contributed by atoms with E-state index in [0.29, 0.717) is 12.1 Å². The lowest BCUT2D eigenvalue weighted by molar-refractivity contribution is 0.0784. The number of nitrogens with zero attached hydrogens (tertiary/aromatic N) is 2. The second kappa shape index (κ2) is 8.21. The van der Waals surface area contributed by atoms with Crippen molar-refractivity contribution < 1.29 is 13.9 Å². The number of anilines is 1. The number of amides is 1. The lowest BCUT2D eigenvalue weighted by Gasteiger charge is -2.31. The van der Waals surface area contributed by atoms with Gasteiger partial charge in [-0.1, -0.05) is 18.2 Å². The van der Waals surface area contributed by atoms with Crippen molar-refractivity contribution >= 4 is 11.6 Å². The van der Waals surface area contributed by atoms with Gasteiger partial charge in [0, 0.05) is 37.9 Å². The average Bonchev–Trinajstić information content (AvgIpc) is 2.68. The van der Waals surface area contributed by atoms with Crippen LogP contribution in [0.2, 0.25) is 0 Å². The Hall–Kier alpha value is -2.56. The lowest BCUT2D eigenvalue weighted by Crippen LogP contribution is -2.32. The van der Waals surface area contributed by atoms with Crippen molar-refractivity contribution in [3.63, 3.8) is 0 Å². The summed E-state index contributed by atoms with van der Waals surface area (Å²) in [6, 6.07) is 12.5. The third kappa shape index (κ3) is 3.98. The zero-order valence-corrected chi connectivity index (χ0v) is 15.4. The molecule has 5 heteroatoms. The van der Waals surface area contributed by atoms with Crippen molar-refractivity contribution in [2.45, 2.75) is 25.8 Å². The monoisotopic (exact) mass is 356 g/mol. The largest absolute Gasteiger partial charge is 0.494 e. The topological polar surface area (TPSA) is 32.8 Å². The van der Waals surface area contributed by atoms with E-state index in [1.54, 1.807) is 18.0 Å². The van der Waals surface area contributed by atoms with Crippen molar-refractivity contribution in [1.29, 1.82) is 0 Å². The van der Waals surface area contributed by atoms with Crippen LogP contribution in [0.15, 0.2) is 42.5 Å². The first-order chi connectivity index (χ1) is 12.6. The van der Waals surface area contributed by atoms with Gasteiger partial charge >= 0.3 is 0 Å². The number of halogens is 1. The van der Waals surface area contributed by atoms with E-state index in [1.807, 2.05) is 12.1 Å². The fourth-order valence-electron chi connectivity index (χ4n) is 3.43. The molecule has 0 radical (unpaired) electrons. The Balaban J connectivity index is 1.76. The van der Waals surface area contributed by atoms with Gasteiger partial charge in [-0.25, -0.2) is 4.39 Å². The number of rotatable bonds is 5. The first kappa shape index (κ1) is 18.2. The molecule has 1 aliphatic rings. The van der Waals surface area contributed by atoms with E-state index in [-0.39, 0.29) is 11.7 Å². The number of methoxy groups -OCH3 is 1. The predicted octanol–water partition coefficient (Wildman–Crippen LogP) is 4.10. The van der Waals surface area contributed by atoms with E-state index in [2.05, 4.69) is 17.0 Å². The Morgan fingerprint density at radius 1 is 1.15 bits per heavy atom. The first-order valence-corrected chi connectivity index (χ1v) is 9.02. The maximum absolute atomic E-state index is 13.9. The van der Waals surface area contributed by atoms with Crippen molar-refractivity contribution in [3.05, 3.63) is 59.4 Å². The Morgan fingerprint density at radius 2 is 1.88 bits per heavy atom. The summed E-state index contributed by atoms with van der Waals surface area (Å²) in [4.78, 5) is 16.7. The smallest absolute Gasteiger partial charge is 0.254 e. The van der Waals surface area contributed by atoms with Gasteiger partial charge in [0.15, 0.2) is 11.6 Å². The molecule has 0 atom stereocenters. The highest BCUT2D eigenvalue weighted by Gasteiger charge is 2.18. The zero-order chi connectivity index (χ0) is 18.5. The summed E-state index contributed by atoms with van der Waals surface area (Å²) < 4.78 is 18.8. The van der Waals surface area contributed by atoms with E-state index in [1.165, 1.54) is 44.2 Å². The van der Waals surface area contributed by atoms with Crippen LogP contribution in [0.25, 0.3) is 0 Å².